The molecular weight excluding hydrogens is 531 g/mol. The number of halogens is 1. The molecule has 1 aliphatic rings. The summed E-state index contributed by atoms with van der Waals surface area (Å²) in [6, 6.07) is 9.88. The fourth-order valence-corrected chi connectivity index (χ4v) is 5.33. The fourth-order valence-electron chi connectivity index (χ4n) is 4.84. The number of hydrogen-bond donors (Lipinski definition) is 1. The summed E-state index contributed by atoms with van der Waals surface area (Å²) >= 11 is 0. The largest absolute Gasteiger partial charge is 0.356 e. The number of anilines is 1. The molecule has 0 spiro atoms. The summed E-state index contributed by atoms with van der Waals surface area (Å²) in [6.45, 7) is 10.5. The highest BCUT2D eigenvalue weighted by molar-refractivity contribution is 7.92. The Kier molecular flexibility index (Phi) is 10.5. The average Bonchev–Trinajstić information content (AvgIpc) is 2.85. The van der Waals surface area contributed by atoms with E-state index in [-0.39, 0.29) is 36.3 Å². The molecule has 1 aliphatic heterocycles. The number of hydrogen-bond acceptors (Lipinski definition) is 5. The Hall–Kier alpha value is -2.75. The summed E-state index contributed by atoms with van der Waals surface area (Å²) in [4.78, 5) is 12.5. The van der Waals surface area contributed by atoms with E-state index in [1.165, 1.54) is 23.5 Å². The number of amides is 1. The van der Waals surface area contributed by atoms with Crippen LogP contribution in [0.2, 0.25) is 0 Å². The number of carbonyl (C=O) groups excluding carboxylic acids is 1. The van der Waals surface area contributed by atoms with Crippen molar-refractivity contribution < 1.29 is 27.1 Å². The van der Waals surface area contributed by atoms with Crippen LogP contribution in [0.15, 0.2) is 42.5 Å². The van der Waals surface area contributed by atoms with Crippen LogP contribution in [0.1, 0.15) is 77.3 Å². The predicted octanol–water partition coefficient (Wildman–Crippen LogP) is 6.24. The molecule has 0 radical (unpaired) electrons. The maximum atomic E-state index is 13.8. The number of sulfonamides is 1. The van der Waals surface area contributed by atoms with Gasteiger partial charge in [0.25, 0.3) is 0 Å². The summed E-state index contributed by atoms with van der Waals surface area (Å²) in [6.07, 6.45) is 7.23. The molecule has 9 heteroatoms. The van der Waals surface area contributed by atoms with Crippen LogP contribution in [0, 0.1) is 5.82 Å². The molecule has 2 aromatic carbocycles. The zero-order valence-electron chi connectivity index (χ0n) is 24.7. The third-order valence-corrected chi connectivity index (χ3v) is 8.16. The Balaban J connectivity index is 2.00. The average molecular weight is 575 g/mol. The molecule has 1 amide bonds. The summed E-state index contributed by atoms with van der Waals surface area (Å²) in [5, 5.41) is 2.95. The number of nitrogens with zero attached hydrogens (tertiary/aromatic N) is 1. The smallest absolute Gasteiger partial charge is 0.231 e. The van der Waals surface area contributed by atoms with Gasteiger partial charge in [0.15, 0.2) is 5.79 Å². The minimum absolute atomic E-state index is 0.0369. The van der Waals surface area contributed by atoms with Gasteiger partial charge in [0.1, 0.15) is 5.82 Å². The molecule has 0 bridgehead atoms. The summed E-state index contributed by atoms with van der Waals surface area (Å²) in [5.74, 6) is -1.19. The fraction of sp³-hybridized carbons (Fsp3) is 0.516. The van der Waals surface area contributed by atoms with Crippen LogP contribution in [0.4, 0.5) is 10.1 Å². The topological polar surface area (TPSA) is 84.9 Å². The van der Waals surface area contributed by atoms with E-state index in [0.29, 0.717) is 18.7 Å². The minimum Gasteiger partial charge on any atom is -0.356 e. The molecule has 1 saturated heterocycles. The van der Waals surface area contributed by atoms with E-state index in [1.807, 2.05) is 52.0 Å². The van der Waals surface area contributed by atoms with Crippen LogP contribution in [-0.2, 0) is 24.3 Å². The van der Waals surface area contributed by atoms with Gasteiger partial charge in [0.05, 0.1) is 30.6 Å². The molecule has 2 aromatic rings. The molecule has 0 saturated carbocycles. The van der Waals surface area contributed by atoms with E-state index in [2.05, 4.69) is 12.2 Å². The number of ether oxygens (including phenoxy) is 2. The lowest BCUT2D eigenvalue weighted by atomic mass is 9.88. The van der Waals surface area contributed by atoms with Gasteiger partial charge in [0, 0.05) is 20.0 Å². The Morgan fingerprint density at radius 3 is 2.48 bits per heavy atom. The van der Waals surface area contributed by atoms with Gasteiger partial charge in [-0.25, -0.2) is 12.8 Å². The zero-order valence-corrected chi connectivity index (χ0v) is 25.5. The lowest BCUT2D eigenvalue weighted by Gasteiger charge is -2.39. The van der Waals surface area contributed by atoms with Crippen LogP contribution < -0.4 is 9.62 Å². The molecule has 1 fully saturated rings. The molecule has 3 rings (SSSR count). The first kappa shape index (κ1) is 31.8. The van der Waals surface area contributed by atoms with Crippen LogP contribution in [-0.4, -0.2) is 52.2 Å². The van der Waals surface area contributed by atoms with E-state index < -0.39 is 15.8 Å². The lowest BCUT2D eigenvalue weighted by molar-refractivity contribution is -0.289. The standard InChI is InChI=1S/C31H43FN2O5S/c1-8-9-16-33-30(35)20-26-19-25(38-31(4,5)39-26)14-15-27-28(21(2)3)17-24(34(6)40(7,36)37)18-29(27)22-10-12-23(32)13-11-22/h10-15,17-18,21,25-26H,8-9,16,19-20H2,1-7H3,(H,33,35)/b15-14+/t25-,26-/m1/s1. The number of benzene rings is 2. The summed E-state index contributed by atoms with van der Waals surface area (Å²) in [7, 11) is -1.97. The van der Waals surface area contributed by atoms with Crippen molar-refractivity contribution in [2.45, 2.75) is 84.2 Å². The van der Waals surface area contributed by atoms with Gasteiger partial charge in [-0.05, 0) is 72.7 Å². The Labute approximate surface area is 238 Å². The van der Waals surface area contributed by atoms with E-state index in [1.54, 1.807) is 12.1 Å². The van der Waals surface area contributed by atoms with E-state index in [0.717, 1.165) is 41.4 Å². The van der Waals surface area contributed by atoms with Crippen LogP contribution in [0.5, 0.6) is 0 Å². The molecule has 0 aliphatic carbocycles. The van der Waals surface area contributed by atoms with E-state index >= 15 is 0 Å². The SMILES string of the molecule is CCCCNC(=O)C[C@H]1C[C@@H](/C=C/c2c(-c3ccc(F)cc3)cc(N(C)S(C)(=O)=O)cc2C(C)C)OC(C)(C)O1. The van der Waals surface area contributed by atoms with Crippen LogP contribution >= 0.6 is 0 Å². The third kappa shape index (κ3) is 8.62. The number of carbonyl (C=O) groups is 1. The van der Waals surface area contributed by atoms with Crippen molar-refractivity contribution in [3.63, 3.8) is 0 Å². The van der Waals surface area contributed by atoms with Gasteiger partial charge >= 0.3 is 0 Å². The summed E-state index contributed by atoms with van der Waals surface area (Å²) in [5.41, 5.74) is 3.92. The van der Waals surface area contributed by atoms with Crippen molar-refractivity contribution in [1.82, 2.24) is 5.32 Å². The maximum Gasteiger partial charge on any atom is 0.231 e. The first-order valence-electron chi connectivity index (χ1n) is 13.9. The van der Waals surface area contributed by atoms with Crippen LogP contribution in [0.3, 0.4) is 0 Å². The van der Waals surface area contributed by atoms with Gasteiger partial charge in [0.2, 0.25) is 15.9 Å². The number of nitrogens with one attached hydrogen (secondary N) is 1. The predicted molar refractivity (Wildman–Crippen MR) is 159 cm³/mol. The van der Waals surface area contributed by atoms with E-state index in [9.17, 15) is 17.6 Å². The van der Waals surface area contributed by atoms with E-state index in [4.69, 9.17) is 9.47 Å². The Morgan fingerprint density at radius 1 is 1.20 bits per heavy atom. The normalized spacial score (nSPS) is 19.2. The first-order chi connectivity index (χ1) is 18.7. The second kappa shape index (κ2) is 13.3. The van der Waals surface area contributed by atoms with Gasteiger partial charge in [-0.3, -0.25) is 9.10 Å². The van der Waals surface area contributed by atoms with Crippen molar-refractivity contribution in [1.29, 1.82) is 0 Å². The van der Waals surface area contributed by atoms with Gasteiger partial charge in [-0.15, -0.1) is 0 Å². The van der Waals surface area contributed by atoms with Gasteiger partial charge < -0.3 is 14.8 Å². The van der Waals surface area contributed by atoms with Gasteiger partial charge in [-0.2, -0.15) is 0 Å². The lowest BCUT2D eigenvalue weighted by Crippen LogP contribution is -2.45. The number of rotatable bonds is 11. The molecule has 2 atom stereocenters. The minimum atomic E-state index is -3.49. The monoisotopic (exact) mass is 574 g/mol. The highest BCUT2D eigenvalue weighted by Crippen LogP contribution is 2.37. The molecule has 7 nitrogen and oxygen atoms in total. The maximum absolute atomic E-state index is 13.8. The molecule has 1 N–H and O–H groups in total. The highest BCUT2D eigenvalue weighted by Gasteiger charge is 2.35. The molecule has 40 heavy (non-hydrogen) atoms. The molecule has 1 heterocycles. The highest BCUT2D eigenvalue weighted by atomic mass is 32.2. The van der Waals surface area contributed by atoms with Crippen molar-refractivity contribution >= 4 is 27.7 Å². The quantitative estimate of drug-likeness (QED) is 0.321. The van der Waals surface area contributed by atoms with Crippen molar-refractivity contribution in [3.05, 3.63) is 59.4 Å². The molecule has 0 unspecified atom stereocenters. The second-order valence-electron chi connectivity index (χ2n) is 11.2. The van der Waals surface area contributed by atoms with Gasteiger partial charge in [-0.1, -0.05) is 51.5 Å². The first-order valence-corrected chi connectivity index (χ1v) is 15.7. The summed E-state index contributed by atoms with van der Waals surface area (Å²) < 4.78 is 52.0. The Morgan fingerprint density at radius 2 is 1.88 bits per heavy atom. The van der Waals surface area contributed by atoms with Crippen LogP contribution in [0.25, 0.3) is 17.2 Å². The third-order valence-electron chi connectivity index (χ3n) is 6.96. The number of unbranched alkanes of at least 4 members (excludes halogenated alkanes) is 1. The second-order valence-corrected chi connectivity index (χ2v) is 13.2. The van der Waals surface area contributed by atoms with Crippen molar-refractivity contribution in [2.24, 2.45) is 0 Å². The molecule has 220 valence electrons. The van der Waals surface area contributed by atoms with Crippen molar-refractivity contribution in [3.8, 4) is 11.1 Å². The van der Waals surface area contributed by atoms with Crippen molar-refractivity contribution in [2.75, 3.05) is 24.2 Å². The zero-order chi connectivity index (χ0) is 29.7. The Bertz CT molecular complexity index is 1310. The molecular formula is C31H43FN2O5S. The molecule has 0 aromatic heterocycles.